The molecular weight excluding hydrogens is 298 g/mol. The van der Waals surface area contributed by atoms with Gasteiger partial charge in [-0.15, -0.1) is 0 Å². The molecule has 0 aliphatic carbocycles. The number of amides is 2. The third-order valence-corrected chi connectivity index (χ3v) is 3.26. The molecule has 0 radical (unpaired) electrons. The van der Waals surface area contributed by atoms with Crippen molar-refractivity contribution in [3.63, 3.8) is 0 Å². The van der Waals surface area contributed by atoms with Crippen molar-refractivity contribution < 1.29 is 19.1 Å². The summed E-state index contributed by atoms with van der Waals surface area (Å²) in [7, 11) is 3.71. The summed E-state index contributed by atoms with van der Waals surface area (Å²) in [5.74, 6) is -0.850. The first-order valence-corrected chi connectivity index (χ1v) is 7.05. The van der Waals surface area contributed by atoms with E-state index >= 15 is 0 Å². The maximum atomic E-state index is 11.9. The van der Waals surface area contributed by atoms with Crippen LogP contribution in [0.15, 0.2) is 47.1 Å². The van der Waals surface area contributed by atoms with Gasteiger partial charge in [0.05, 0.1) is 12.3 Å². The second-order valence-electron chi connectivity index (χ2n) is 5.21. The average molecular weight is 317 g/mol. The lowest BCUT2D eigenvalue weighted by Crippen LogP contribution is -2.40. The normalized spacial score (nSPS) is 12.0. The molecular formula is C16H19N3O4. The number of carbonyl (C=O) groups excluding carboxylic acids is 2. The quantitative estimate of drug-likeness (QED) is 0.724. The highest BCUT2D eigenvalue weighted by atomic mass is 16.3. The lowest BCUT2D eigenvalue weighted by atomic mass is 10.2. The highest BCUT2D eigenvalue weighted by molar-refractivity contribution is 6.39. The molecule has 1 aromatic carbocycles. The molecule has 0 saturated carbocycles. The topological polar surface area (TPSA) is 94.8 Å². The van der Waals surface area contributed by atoms with Gasteiger partial charge in [0, 0.05) is 18.3 Å². The van der Waals surface area contributed by atoms with Gasteiger partial charge in [0.2, 0.25) is 0 Å². The number of anilines is 1. The molecule has 0 saturated heterocycles. The Morgan fingerprint density at radius 2 is 2.00 bits per heavy atom. The Bertz CT molecular complexity index is 668. The summed E-state index contributed by atoms with van der Waals surface area (Å²) < 4.78 is 5.34. The monoisotopic (exact) mass is 317 g/mol. The fraction of sp³-hybridized carbons (Fsp3) is 0.250. The Kier molecular flexibility index (Phi) is 5.37. The second-order valence-corrected chi connectivity index (χ2v) is 5.21. The van der Waals surface area contributed by atoms with E-state index in [1.807, 2.05) is 25.1 Å². The summed E-state index contributed by atoms with van der Waals surface area (Å²) in [6.07, 6.45) is 1.56. The number of furan rings is 1. The van der Waals surface area contributed by atoms with Crippen LogP contribution < -0.4 is 10.6 Å². The Hall–Kier alpha value is -2.80. The third kappa shape index (κ3) is 4.58. The maximum absolute atomic E-state index is 11.9. The van der Waals surface area contributed by atoms with Crippen LogP contribution in [-0.4, -0.2) is 42.5 Å². The minimum absolute atomic E-state index is 0.00805. The molecule has 0 spiro atoms. The van der Waals surface area contributed by atoms with Crippen LogP contribution in [0.2, 0.25) is 0 Å². The summed E-state index contributed by atoms with van der Waals surface area (Å²) in [6.45, 7) is 0.229. The van der Waals surface area contributed by atoms with E-state index in [0.717, 1.165) is 0 Å². The molecule has 3 N–H and O–H groups in total. The standard InChI is InChI=1S/C16H19N3O4/c1-19(2)13(14-7-4-8-23-14)10-17-15(21)16(22)18-11-5-3-6-12(20)9-11/h3-9,13,20H,10H2,1-2H3,(H,17,21)(H,18,22)/t13-/m0/s1. The van der Waals surface area contributed by atoms with Crippen LogP contribution in [0.5, 0.6) is 5.75 Å². The first-order valence-electron chi connectivity index (χ1n) is 7.05. The number of hydrogen-bond donors (Lipinski definition) is 3. The summed E-state index contributed by atoms with van der Waals surface area (Å²) in [5, 5.41) is 14.3. The van der Waals surface area contributed by atoms with Gasteiger partial charge in [0.1, 0.15) is 11.5 Å². The summed E-state index contributed by atoms with van der Waals surface area (Å²) in [4.78, 5) is 25.6. The van der Waals surface area contributed by atoms with Crippen LogP contribution in [0.25, 0.3) is 0 Å². The van der Waals surface area contributed by atoms with Crippen molar-refractivity contribution in [3.05, 3.63) is 48.4 Å². The second kappa shape index (κ2) is 7.46. The van der Waals surface area contributed by atoms with Crippen molar-refractivity contribution in [2.45, 2.75) is 6.04 Å². The minimum Gasteiger partial charge on any atom is -0.508 e. The number of phenols is 1. The molecule has 1 heterocycles. The highest BCUT2D eigenvalue weighted by Gasteiger charge is 2.20. The molecule has 122 valence electrons. The molecule has 1 atom stereocenters. The van der Waals surface area contributed by atoms with Gasteiger partial charge in [-0.05, 0) is 38.4 Å². The Morgan fingerprint density at radius 3 is 2.61 bits per heavy atom. The Labute approximate surface area is 133 Å². The van der Waals surface area contributed by atoms with Crippen molar-refractivity contribution in [2.75, 3.05) is 26.0 Å². The highest BCUT2D eigenvalue weighted by Crippen LogP contribution is 2.18. The predicted molar refractivity (Wildman–Crippen MR) is 84.9 cm³/mol. The molecule has 23 heavy (non-hydrogen) atoms. The number of carbonyl (C=O) groups is 2. The number of aromatic hydroxyl groups is 1. The van der Waals surface area contributed by atoms with E-state index in [0.29, 0.717) is 11.4 Å². The van der Waals surface area contributed by atoms with Crippen LogP contribution in [0.3, 0.4) is 0 Å². The van der Waals surface area contributed by atoms with Gasteiger partial charge >= 0.3 is 11.8 Å². The molecule has 0 fully saturated rings. The molecule has 2 aromatic rings. The third-order valence-electron chi connectivity index (χ3n) is 3.26. The van der Waals surface area contributed by atoms with E-state index in [-0.39, 0.29) is 18.3 Å². The molecule has 0 aliphatic rings. The smallest absolute Gasteiger partial charge is 0.313 e. The molecule has 7 nitrogen and oxygen atoms in total. The molecule has 0 bridgehead atoms. The summed E-state index contributed by atoms with van der Waals surface area (Å²) >= 11 is 0. The molecule has 0 aliphatic heterocycles. The van der Waals surface area contributed by atoms with Crippen molar-refractivity contribution in [1.82, 2.24) is 10.2 Å². The fourth-order valence-corrected chi connectivity index (χ4v) is 2.06. The Balaban J connectivity index is 1.91. The molecule has 2 rings (SSSR count). The summed E-state index contributed by atoms with van der Waals surface area (Å²) in [6, 6.07) is 9.38. The zero-order valence-corrected chi connectivity index (χ0v) is 12.9. The summed E-state index contributed by atoms with van der Waals surface area (Å²) in [5.41, 5.74) is 0.348. The number of hydrogen-bond acceptors (Lipinski definition) is 5. The zero-order valence-electron chi connectivity index (χ0n) is 12.9. The molecule has 7 heteroatoms. The molecule has 1 aromatic heterocycles. The zero-order chi connectivity index (χ0) is 16.8. The Morgan fingerprint density at radius 1 is 1.22 bits per heavy atom. The SMILES string of the molecule is CN(C)[C@@H](CNC(=O)C(=O)Nc1cccc(O)c1)c1ccco1. The number of nitrogens with zero attached hydrogens (tertiary/aromatic N) is 1. The molecule has 2 amide bonds. The van der Waals surface area contributed by atoms with Gasteiger partial charge in [-0.1, -0.05) is 6.07 Å². The van der Waals surface area contributed by atoms with Gasteiger partial charge in [-0.25, -0.2) is 0 Å². The minimum atomic E-state index is -0.799. The van der Waals surface area contributed by atoms with E-state index < -0.39 is 11.8 Å². The van der Waals surface area contributed by atoms with E-state index in [2.05, 4.69) is 10.6 Å². The van der Waals surface area contributed by atoms with E-state index in [4.69, 9.17) is 4.42 Å². The van der Waals surface area contributed by atoms with Crippen molar-refractivity contribution in [1.29, 1.82) is 0 Å². The van der Waals surface area contributed by atoms with Crippen LogP contribution in [-0.2, 0) is 9.59 Å². The van der Waals surface area contributed by atoms with Crippen molar-refractivity contribution in [2.24, 2.45) is 0 Å². The van der Waals surface area contributed by atoms with Gasteiger partial charge in [0.25, 0.3) is 0 Å². The number of likely N-dealkylation sites (N-methyl/N-ethyl adjacent to an activating group) is 1. The van der Waals surface area contributed by atoms with Gasteiger partial charge in [-0.3, -0.25) is 14.5 Å². The van der Waals surface area contributed by atoms with Gasteiger partial charge < -0.3 is 20.2 Å². The van der Waals surface area contributed by atoms with Crippen LogP contribution in [0.1, 0.15) is 11.8 Å². The van der Waals surface area contributed by atoms with E-state index in [9.17, 15) is 14.7 Å². The number of nitrogens with one attached hydrogen (secondary N) is 2. The van der Waals surface area contributed by atoms with Gasteiger partial charge in [-0.2, -0.15) is 0 Å². The lowest BCUT2D eigenvalue weighted by Gasteiger charge is -2.22. The number of rotatable bonds is 5. The van der Waals surface area contributed by atoms with E-state index in [1.54, 1.807) is 24.5 Å². The van der Waals surface area contributed by atoms with Crippen LogP contribution >= 0.6 is 0 Å². The number of phenolic OH excluding ortho intramolecular Hbond substituents is 1. The van der Waals surface area contributed by atoms with Crippen LogP contribution in [0.4, 0.5) is 5.69 Å². The maximum Gasteiger partial charge on any atom is 0.313 e. The largest absolute Gasteiger partial charge is 0.508 e. The van der Waals surface area contributed by atoms with Crippen LogP contribution in [0, 0.1) is 0 Å². The predicted octanol–water partition coefficient (Wildman–Crippen LogP) is 1.34. The number of benzene rings is 1. The molecule has 0 unspecified atom stereocenters. The van der Waals surface area contributed by atoms with Crippen molar-refractivity contribution in [3.8, 4) is 5.75 Å². The average Bonchev–Trinajstić information content (AvgIpc) is 3.01. The first kappa shape index (κ1) is 16.6. The fourth-order valence-electron chi connectivity index (χ4n) is 2.06. The first-order chi connectivity index (χ1) is 11.0. The lowest BCUT2D eigenvalue weighted by molar-refractivity contribution is -0.136. The van der Waals surface area contributed by atoms with Crippen molar-refractivity contribution >= 4 is 17.5 Å². The van der Waals surface area contributed by atoms with Gasteiger partial charge in [0.15, 0.2) is 0 Å². The van der Waals surface area contributed by atoms with E-state index in [1.165, 1.54) is 12.1 Å².